The van der Waals surface area contributed by atoms with Gasteiger partial charge in [0.25, 0.3) is 0 Å². The lowest BCUT2D eigenvalue weighted by molar-refractivity contribution is -0.0498. The summed E-state index contributed by atoms with van der Waals surface area (Å²) in [7, 11) is 7.06. The largest absolute Gasteiger partial charge is 0.497 e. The van der Waals surface area contributed by atoms with Crippen molar-refractivity contribution >= 4 is 58.2 Å². The van der Waals surface area contributed by atoms with Gasteiger partial charge in [-0.05, 0) is 274 Å². The number of fused-ring (bicyclic) bond motifs is 1. The van der Waals surface area contributed by atoms with Gasteiger partial charge >= 0.3 is 34.4 Å². The van der Waals surface area contributed by atoms with Crippen LogP contribution in [0.3, 0.4) is 0 Å². The molecule has 0 fully saturated rings. The highest BCUT2D eigenvalue weighted by atomic mass is 19.3. The molecule has 43 heteroatoms. The highest BCUT2D eigenvalue weighted by Gasteiger charge is 2.24. The minimum absolute atomic E-state index is 0.0221. The first-order valence-corrected chi connectivity index (χ1v) is 44.0. The molecule has 0 aliphatic carbocycles. The van der Waals surface area contributed by atoms with Gasteiger partial charge in [0.05, 0.1) is 107 Å². The Kier molecular flexibility index (Phi) is 35.7. The van der Waals surface area contributed by atoms with Crippen molar-refractivity contribution in [2.45, 2.75) is 115 Å². The first-order valence-electron chi connectivity index (χ1n) is 44.0. The van der Waals surface area contributed by atoms with Gasteiger partial charge in [0.15, 0.2) is 34.9 Å². The van der Waals surface area contributed by atoms with E-state index in [4.69, 9.17) is 33.2 Å². The lowest BCUT2D eigenvalue weighted by Gasteiger charge is -2.17. The van der Waals surface area contributed by atoms with Crippen LogP contribution in [0.4, 0.5) is 124 Å². The number of nitrogens with one attached hydrogen (secondary N) is 5. The van der Waals surface area contributed by atoms with Crippen molar-refractivity contribution < 1.29 is 104 Å². The molecular weight excluding hydrogens is 1940 g/mol. The fourth-order valence-corrected chi connectivity index (χ4v) is 14.6. The first kappa shape index (κ1) is 108. The quantitative estimate of drug-likeness (QED) is 0.0215. The van der Waals surface area contributed by atoms with Crippen LogP contribution in [0.5, 0.6) is 40.2 Å². The molecule has 146 heavy (non-hydrogen) atoms. The van der Waals surface area contributed by atoms with Gasteiger partial charge in [0, 0.05) is 52.0 Å². The second-order valence-electron chi connectivity index (χ2n) is 32.8. The van der Waals surface area contributed by atoms with E-state index in [1.807, 2.05) is 58.0 Å². The van der Waals surface area contributed by atoms with E-state index in [0.717, 1.165) is 85.9 Å². The number of aryl methyl sites for hydroxylation is 6. The summed E-state index contributed by atoms with van der Waals surface area (Å²) in [6, 6.07) is 36.9. The van der Waals surface area contributed by atoms with E-state index in [2.05, 4.69) is 56.2 Å². The van der Waals surface area contributed by atoms with Gasteiger partial charge in [-0.1, -0.05) is 12.1 Å². The van der Waals surface area contributed by atoms with Crippen molar-refractivity contribution in [1.82, 2.24) is 47.8 Å². The molecule has 1 aliphatic heterocycles. The van der Waals surface area contributed by atoms with Crippen LogP contribution in [0.2, 0.25) is 0 Å². The number of hydrogen-bond donors (Lipinski definition) is 5. The van der Waals surface area contributed by atoms with Crippen LogP contribution >= 0.6 is 0 Å². The summed E-state index contributed by atoms with van der Waals surface area (Å²) in [6.07, 6.45) is 6.11. The molecule has 764 valence electrons. The van der Waals surface area contributed by atoms with Gasteiger partial charge in [0.2, 0.25) is 58.6 Å². The number of hydrogen-bond acceptors (Lipinski definition) is 23. The van der Waals surface area contributed by atoms with Crippen molar-refractivity contribution in [2.24, 2.45) is 0 Å². The predicted octanol–water partition coefficient (Wildman–Crippen LogP) is 20.5. The first-order chi connectivity index (χ1) is 69.5. The number of halogens is 15. The van der Waals surface area contributed by atoms with Crippen LogP contribution in [0.15, 0.2) is 207 Å². The van der Waals surface area contributed by atoms with Gasteiger partial charge in [-0.2, -0.15) is 42.5 Å². The number of rotatable bonds is 29. The molecule has 0 atom stereocenters. The molecule has 0 amide bonds. The Labute approximate surface area is 823 Å². The molecular formula is C103H94F15N15O13. The van der Waals surface area contributed by atoms with Gasteiger partial charge in [-0.3, -0.25) is 24.0 Å². The maximum absolute atomic E-state index is 14.0. The van der Waals surface area contributed by atoms with Crippen LogP contribution in [0.1, 0.15) is 90.4 Å². The van der Waals surface area contributed by atoms with Gasteiger partial charge in [-0.25, -0.2) is 48.3 Å². The highest BCUT2D eigenvalue weighted by molar-refractivity contribution is 5.66. The Morgan fingerprint density at radius 2 is 0.603 bits per heavy atom. The third-order valence-electron chi connectivity index (χ3n) is 22.2. The smallest absolute Gasteiger partial charge is 0.387 e. The third kappa shape index (κ3) is 27.7. The Hall–Kier alpha value is -16.9. The molecule has 0 spiro atoms. The number of anilines is 10. The molecule has 5 N–H and O–H groups in total. The minimum atomic E-state index is -2.96. The van der Waals surface area contributed by atoms with E-state index in [1.165, 1.54) is 129 Å². The summed E-state index contributed by atoms with van der Waals surface area (Å²) in [5.74, 6) is -11.1. The molecule has 28 nitrogen and oxygen atoms in total. The molecule has 0 radical (unpaired) electrons. The van der Waals surface area contributed by atoms with Gasteiger partial charge in [-0.15, -0.1) is 0 Å². The average molecular weight is 2030 g/mol. The lowest BCUT2D eigenvalue weighted by Crippen LogP contribution is -2.20. The van der Waals surface area contributed by atoms with Crippen LogP contribution in [-0.2, 0) is 50.7 Å². The zero-order chi connectivity index (χ0) is 106. The number of aromatic nitrogens is 10. The highest BCUT2D eigenvalue weighted by Crippen LogP contribution is 2.35. The van der Waals surface area contributed by atoms with Crippen LogP contribution in [0.25, 0.3) is 0 Å². The van der Waals surface area contributed by atoms with Crippen molar-refractivity contribution in [3.8, 4) is 40.2 Å². The molecule has 0 unspecified atom stereocenters. The van der Waals surface area contributed by atoms with E-state index in [-0.39, 0.29) is 114 Å². The monoisotopic (exact) mass is 2030 g/mol. The van der Waals surface area contributed by atoms with E-state index in [9.17, 15) is 89.8 Å². The topological polar surface area (TPSA) is 308 Å². The number of nitrogens with zero attached hydrogens (tertiary/aromatic N) is 10. The van der Waals surface area contributed by atoms with Crippen LogP contribution < -0.4 is 87.5 Å². The minimum Gasteiger partial charge on any atom is -0.497 e. The fraction of sp³-hybridized carbons (Fsp3) is 0.223. The molecule has 10 aromatic carbocycles. The summed E-state index contributed by atoms with van der Waals surface area (Å²) in [5, 5.41) is 15.1. The Morgan fingerprint density at radius 3 is 0.925 bits per heavy atom. The average Bonchev–Trinajstić information content (AvgIpc) is 1.25. The maximum Gasteiger partial charge on any atom is 0.387 e. The van der Waals surface area contributed by atoms with Crippen molar-refractivity contribution in [3.05, 3.63) is 393 Å². The fourth-order valence-electron chi connectivity index (χ4n) is 14.6. The number of benzene rings is 10. The van der Waals surface area contributed by atoms with Gasteiger partial charge < -0.3 is 87.3 Å². The lowest BCUT2D eigenvalue weighted by atomic mass is 10.1. The van der Waals surface area contributed by atoms with E-state index < -0.39 is 104 Å². The van der Waals surface area contributed by atoms with Crippen molar-refractivity contribution in [3.63, 3.8) is 0 Å². The summed E-state index contributed by atoms with van der Waals surface area (Å²) < 4.78 is 250. The molecule has 0 bridgehead atoms. The SMILES string of the molecule is CCOc1ccc(Nc2nc(=O)c(OC)cn2Cc2cc(F)c(C)c(F)c2)c(C)c1.COc1ccc(Nc2nc(=O)c(F)cn2Cc2cc(C)cc(F)c2)c(C)c1.COc1ccc(Nc2nc(=O)c(F)cn2Cc2cc(F)c(F)c(F)c2)c(C)c1.COc1cn(Cc2cc(F)c(C)c(F)c2)c(Nc2ccc(OC(F)F)cc2C)nc1=O.COc1cn(Cc2cc(F)c(F)c(F)c2)c(Nc2cc3c(cc2C)COC3)nc1=O. The zero-order valence-corrected chi connectivity index (χ0v) is 80.5. The second-order valence-corrected chi connectivity index (χ2v) is 32.8. The molecule has 6 heterocycles. The number of methoxy groups -OCH3 is 5. The summed E-state index contributed by atoms with van der Waals surface area (Å²) in [4.78, 5) is 79.4. The van der Waals surface area contributed by atoms with E-state index in [0.29, 0.717) is 82.0 Å². The molecule has 0 saturated heterocycles. The van der Waals surface area contributed by atoms with E-state index >= 15 is 0 Å². The number of ether oxygens (including phenoxy) is 8. The standard InChI is InChI=1S/C22H23F2N3O3.C21H19F4N3O3.C21H18F3N3O3.C20H19F2N3O2.C19H15F4N3O2/c1-5-30-16-6-7-19(13(2)8-16)25-22-26-21(28)20(29-4)12-27(22)11-15-9-17(23)14(3)18(24)10-15;1-11-6-14(31-20(24)25)4-5-17(11)26-21-27-19(29)18(30-3)10-28(21)9-13-7-15(22)12(2)16(23)8-13;1-11-3-13-9-30-10-14(13)6-17(11)25-21-26-20(28)18(29-2)8-27(21)7-12-4-15(22)19(24)16(23)5-12;1-12-6-14(9-15(21)7-12)10-25-11-17(22)19(26)24-20(25)23-18-5-4-16(27-3)8-13(18)2;1-10-5-12(28-2)3-4-16(10)24-19-25-18(27)15(22)9-26(19)8-11-6-13(20)17(23)14(21)7-11/h6-10,12H,5,11H2,1-4H3,(H,25,26,28);4-8,10,20H,9H2,1-3H3,(H,26,27,29);3-6,8H,7,9-10H2,1-2H3,(H,25,26,28);4-9,11H,10H2,1-3H3,(H,23,24,26);3-7,9H,8H2,1-2H3,(H,24,25,27). The van der Waals surface area contributed by atoms with Crippen LogP contribution in [-0.4, -0.2) is 96.5 Å². The Bertz CT molecular complexity index is 7590. The summed E-state index contributed by atoms with van der Waals surface area (Å²) in [6.45, 7) is 14.0. The van der Waals surface area contributed by atoms with Crippen molar-refractivity contribution in [2.75, 3.05) is 68.7 Å². The maximum atomic E-state index is 14.0. The Balaban J connectivity index is 0.000000162. The Morgan fingerprint density at radius 1 is 0.315 bits per heavy atom. The molecule has 0 saturated carbocycles. The molecule has 1 aliphatic rings. The van der Waals surface area contributed by atoms with Crippen molar-refractivity contribution in [1.29, 1.82) is 0 Å². The third-order valence-corrected chi connectivity index (χ3v) is 22.2. The zero-order valence-electron chi connectivity index (χ0n) is 80.5. The summed E-state index contributed by atoms with van der Waals surface area (Å²) >= 11 is 0. The molecule has 5 aromatic heterocycles. The van der Waals surface area contributed by atoms with Crippen LogP contribution in [0, 0.1) is 131 Å². The predicted molar refractivity (Wildman–Crippen MR) is 515 cm³/mol. The summed E-state index contributed by atoms with van der Waals surface area (Å²) in [5.41, 5.74) is 7.44. The normalized spacial score (nSPS) is 11.2. The molecule has 16 rings (SSSR count). The number of alkyl halides is 2. The second kappa shape index (κ2) is 48.3. The van der Waals surface area contributed by atoms with Gasteiger partial charge in [0.1, 0.15) is 52.1 Å². The van der Waals surface area contributed by atoms with E-state index in [1.54, 1.807) is 74.9 Å². The molecule has 15 aromatic rings.